The molecule has 1 N–H and O–H groups in total. The van der Waals surface area contributed by atoms with Crippen LogP contribution in [0.1, 0.15) is 25.3 Å². The third-order valence-electron chi connectivity index (χ3n) is 3.94. The molecule has 7 nitrogen and oxygen atoms in total. The van der Waals surface area contributed by atoms with Crippen molar-refractivity contribution in [2.75, 3.05) is 4.72 Å². The molecule has 1 aromatic heterocycles. The Morgan fingerprint density at radius 2 is 1.85 bits per heavy atom. The lowest BCUT2D eigenvalue weighted by Crippen LogP contribution is -2.12. The summed E-state index contributed by atoms with van der Waals surface area (Å²) in [6, 6.07) is 12.7. The molecular weight excluding hydrogens is 386 g/mol. The Labute approximate surface area is 160 Å². The molecule has 3 aromatic rings. The second-order valence-corrected chi connectivity index (χ2v) is 8.72. The molecule has 0 amide bonds. The molecule has 0 bridgehead atoms. The molecule has 140 valence electrons. The normalized spacial score (nSPS) is 11.5. The van der Waals surface area contributed by atoms with Crippen LogP contribution < -0.4 is 4.72 Å². The quantitative estimate of drug-likeness (QED) is 0.477. The second kappa shape index (κ2) is 7.45. The van der Waals surface area contributed by atoms with Gasteiger partial charge in [0.1, 0.15) is 0 Å². The van der Waals surface area contributed by atoms with Crippen LogP contribution in [-0.2, 0) is 10.0 Å². The lowest BCUT2D eigenvalue weighted by molar-refractivity contribution is -0.384. The van der Waals surface area contributed by atoms with E-state index in [1.807, 2.05) is 13.8 Å². The van der Waals surface area contributed by atoms with Crippen LogP contribution in [0.2, 0.25) is 0 Å². The summed E-state index contributed by atoms with van der Waals surface area (Å²) in [6.45, 7) is 4.07. The molecule has 2 aromatic carbocycles. The number of rotatable bonds is 6. The first-order chi connectivity index (χ1) is 12.8. The Bertz CT molecular complexity index is 1070. The number of non-ortho nitro benzene ring substituents is 1. The van der Waals surface area contributed by atoms with Crippen LogP contribution >= 0.6 is 11.3 Å². The molecule has 0 radical (unpaired) electrons. The first kappa shape index (κ1) is 19.0. The summed E-state index contributed by atoms with van der Waals surface area (Å²) in [6.07, 6.45) is 0. The number of hydrogen-bond acceptors (Lipinski definition) is 6. The fourth-order valence-corrected chi connectivity index (χ4v) is 4.41. The minimum atomic E-state index is -3.76. The Morgan fingerprint density at radius 1 is 1.15 bits per heavy atom. The van der Waals surface area contributed by atoms with Crippen molar-refractivity contribution in [2.24, 2.45) is 0 Å². The van der Waals surface area contributed by atoms with Gasteiger partial charge in [0, 0.05) is 23.1 Å². The van der Waals surface area contributed by atoms with Crippen molar-refractivity contribution < 1.29 is 13.3 Å². The molecule has 0 unspecified atom stereocenters. The number of aromatic nitrogens is 1. The van der Waals surface area contributed by atoms with Crippen LogP contribution in [0.5, 0.6) is 0 Å². The van der Waals surface area contributed by atoms with Crippen molar-refractivity contribution in [3.63, 3.8) is 0 Å². The average molecular weight is 403 g/mol. The van der Waals surface area contributed by atoms with Crippen molar-refractivity contribution in [2.45, 2.75) is 24.7 Å². The molecule has 0 aliphatic rings. The van der Waals surface area contributed by atoms with Crippen LogP contribution in [0.25, 0.3) is 11.3 Å². The van der Waals surface area contributed by atoms with Gasteiger partial charge in [-0.15, -0.1) is 11.3 Å². The van der Waals surface area contributed by atoms with Crippen LogP contribution in [0, 0.1) is 10.1 Å². The van der Waals surface area contributed by atoms with Crippen molar-refractivity contribution in [3.8, 4) is 11.3 Å². The molecule has 9 heteroatoms. The van der Waals surface area contributed by atoms with Gasteiger partial charge in [-0.05, 0) is 23.6 Å². The molecule has 0 fully saturated rings. The van der Waals surface area contributed by atoms with E-state index in [1.54, 1.807) is 41.8 Å². The lowest BCUT2D eigenvalue weighted by Gasteiger charge is -2.08. The number of sulfonamides is 1. The highest BCUT2D eigenvalue weighted by molar-refractivity contribution is 7.93. The lowest BCUT2D eigenvalue weighted by atomic mass is 10.0. The number of nitrogens with zero attached hydrogens (tertiary/aromatic N) is 2. The SMILES string of the molecule is CC(C)c1ccc(S(=O)(=O)Nc2nc(-c3cccc([N+](=O)[O-])c3)cs2)cc1. The average Bonchev–Trinajstić information content (AvgIpc) is 3.09. The molecule has 0 aliphatic heterocycles. The van der Waals surface area contributed by atoms with Gasteiger partial charge in [-0.3, -0.25) is 14.8 Å². The summed E-state index contributed by atoms with van der Waals surface area (Å²) in [5.74, 6) is 0.311. The molecule has 0 aliphatic carbocycles. The highest BCUT2D eigenvalue weighted by Gasteiger charge is 2.17. The maximum Gasteiger partial charge on any atom is 0.270 e. The summed E-state index contributed by atoms with van der Waals surface area (Å²) in [5.41, 5.74) is 2.02. The predicted octanol–water partition coefficient (Wildman–Crippen LogP) is 4.64. The number of hydrogen-bond donors (Lipinski definition) is 1. The van der Waals surface area contributed by atoms with E-state index in [1.165, 1.54) is 12.1 Å². The topological polar surface area (TPSA) is 102 Å². The zero-order chi connectivity index (χ0) is 19.6. The first-order valence-corrected chi connectivity index (χ1v) is 10.5. The largest absolute Gasteiger partial charge is 0.270 e. The minimum absolute atomic E-state index is 0.0483. The van der Waals surface area contributed by atoms with Crippen LogP contribution in [-0.4, -0.2) is 18.3 Å². The summed E-state index contributed by atoms with van der Waals surface area (Å²) in [4.78, 5) is 14.8. The van der Waals surface area contributed by atoms with E-state index in [2.05, 4.69) is 9.71 Å². The fourth-order valence-electron chi connectivity index (χ4n) is 2.44. The Hall–Kier alpha value is -2.78. The van der Waals surface area contributed by atoms with Gasteiger partial charge in [0.2, 0.25) is 0 Å². The van der Waals surface area contributed by atoms with Gasteiger partial charge in [0.15, 0.2) is 5.13 Å². The summed E-state index contributed by atoms with van der Waals surface area (Å²) in [5, 5.41) is 12.7. The van der Waals surface area contributed by atoms with E-state index in [-0.39, 0.29) is 15.7 Å². The summed E-state index contributed by atoms with van der Waals surface area (Å²) in [7, 11) is -3.76. The van der Waals surface area contributed by atoms with Gasteiger partial charge in [0.05, 0.1) is 15.5 Å². The molecule has 3 rings (SSSR count). The molecule has 0 saturated carbocycles. The van der Waals surface area contributed by atoms with Gasteiger partial charge in [-0.1, -0.05) is 38.1 Å². The zero-order valence-corrected chi connectivity index (χ0v) is 16.3. The number of benzene rings is 2. The number of anilines is 1. The van der Waals surface area contributed by atoms with Crippen molar-refractivity contribution in [3.05, 3.63) is 69.6 Å². The molecule has 0 saturated heterocycles. The molecule has 0 atom stereocenters. The Kier molecular flexibility index (Phi) is 5.24. The van der Waals surface area contributed by atoms with Crippen LogP contribution in [0.3, 0.4) is 0 Å². The standard InChI is InChI=1S/C18H17N3O4S2/c1-12(2)13-6-8-16(9-7-13)27(24,25)20-18-19-17(11-26-18)14-4-3-5-15(10-14)21(22)23/h3-12H,1-2H3,(H,19,20). The number of nitrogens with one attached hydrogen (secondary N) is 1. The van der Waals surface area contributed by atoms with Crippen molar-refractivity contribution in [1.82, 2.24) is 4.98 Å². The number of thiazole rings is 1. The second-order valence-electron chi connectivity index (χ2n) is 6.17. The first-order valence-electron chi connectivity index (χ1n) is 8.09. The van der Waals surface area contributed by atoms with Gasteiger partial charge in [-0.25, -0.2) is 13.4 Å². The van der Waals surface area contributed by atoms with E-state index in [9.17, 15) is 18.5 Å². The van der Waals surface area contributed by atoms with Crippen LogP contribution in [0.4, 0.5) is 10.8 Å². The van der Waals surface area contributed by atoms with Crippen molar-refractivity contribution >= 4 is 32.2 Å². The minimum Gasteiger partial charge on any atom is -0.258 e. The highest BCUT2D eigenvalue weighted by atomic mass is 32.2. The molecule has 0 spiro atoms. The third kappa shape index (κ3) is 4.32. The monoisotopic (exact) mass is 403 g/mol. The van der Waals surface area contributed by atoms with E-state index >= 15 is 0 Å². The maximum atomic E-state index is 12.5. The van der Waals surface area contributed by atoms with Gasteiger partial charge < -0.3 is 0 Å². The summed E-state index contributed by atoms with van der Waals surface area (Å²) >= 11 is 1.12. The van der Waals surface area contributed by atoms with Gasteiger partial charge >= 0.3 is 0 Å². The zero-order valence-electron chi connectivity index (χ0n) is 14.6. The van der Waals surface area contributed by atoms with Gasteiger partial charge in [0.25, 0.3) is 15.7 Å². The Balaban J connectivity index is 1.82. The van der Waals surface area contributed by atoms with Crippen LogP contribution in [0.15, 0.2) is 58.8 Å². The van der Waals surface area contributed by atoms with E-state index in [0.29, 0.717) is 17.2 Å². The third-order valence-corrected chi connectivity index (χ3v) is 6.18. The fraction of sp³-hybridized carbons (Fsp3) is 0.167. The summed E-state index contributed by atoms with van der Waals surface area (Å²) < 4.78 is 27.5. The Morgan fingerprint density at radius 3 is 2.48 bits per heavy atom. The van der Waals surface area contributed by atoms with Gasteiger partial charge in [-0.2, -0.15) is 0 Å². The molecular formula is C18H17N3O4S2. The molecule has 1 heterocycles. The van der Waals surface area contributed by atoms with Crippen molar-refractivity contribution in [1.29, 1.82) is 0 Å². The number of nitro benzene ring substituents is 1. The smallest absolute Gasteiger partial charge is 0.258 e. The van der Waals surface area contributed by atoms with E-state index < -0.39 is 14.9 Å². The highest BCUT2D eigenvalue weighted by Crippen LogP contribution is 2.29. The van der Waals surface area contributed by atoms with E-state index in [0.717, 1.165) is 16.9 Å². The molecule has 27 heavy (non-hydrogen) atoms. The van der Waals surface area contributed by atoms with E-state index in [4.69, 9.17) is 0 Å². The maximum absolute atomic E-state index is 12.5. The predicted molar refractivity (Wildman–Crippen MR) is 106 cm³/mol. The number of nitro groups is 1.